The molecule has 2 aliphatic carbocycles. The minimum absolute atomic E-state index is 0.00766. The average Bonchev–Trinajstić information content (AvgIpc) is 3.37. The van der Waals surface area contributed by atoms with Gasteiger partial charge < -0.3 is 34.1 Å². The SMILES string of the molecule is C=c1c2cccc(OC)c2c(=C)c2c(O)c3c(c(O)c12)CC(C(=O)CN1CCCN(C=O)CC1)C[C@@H]3OC1CCC(OC2COCCN2)CC1. The van der Waals surface area contributed by atoms with Crippen molar-refractivity contribution >= 4 is 46.9 Å². The number of amides is 1. The van der Waals surface area contributed by atoms with Crippen LogP contribution in [0.1, 0.15) is 55.8 Å². The Balaban J connectivity index is 1.22. The summed E-state index contributed by atoms with van der Waals surface area (Å²) >= 11 is 0. The zero-order valence-corrected chi connectivity index (χ0v) is 29.0. The lowest BCUT2D eigenvalue weighted by molar-refractivity contribution is -0.130. The lowest BCUT2D eigenvalue weighted by Crippen LogP contribution is -2.45. The van der Waals surface area contributed by atoms with E-state index in [0.717, 1.165) is 62.4 Å². The molecule has 3 aromatic carbocycles. The summed E-state index contributed by atoms with van der Waals surface area (Å²) in [6.07, 6.45) is 4.81. The van der Waals surface area contributed by atoms with E-state index in [-0.39, 0.29) is 48.7 Å². The zero-order chi connectivity index (χ0) is 34.9. The van der Waals surface area contributed by atoms with E-state index in [1.807, 2.05) is 18.2 Å². The Kier molecular flexibility index (Phi) is 10.3. The molecular formula is C39H49N3O8. The van der Waals surface area contributed by atoms with Gasteiger partial charge in [0, 0.05) is 65.9 Å². The van der Waals surface area contributed by atoms with E-state index >= 15 is 0 Å². The summed E-state index contributed by atoms with van der Waals surface area (Å²) < 4.78 is 24.4. The molecule has 0 spiro atoms. The van der Waals surface area contributed by atoms with Crippen molar-refractivity contribution in [3.63, 3.8) is 0 Å². The van der Waals surface area contributed by atoms with Crippen molar-refractivity contribution < 1.29 is 38.7 Å². The van der Waals surface area contributed by atoms with E-state index in [4.69, 9.17) is 18.9 Å². The minimum Gasteiger partial charge on any atom is -0.507 e. The number of phenolic OH excluding ortho intramolecular Hbond substituents is 2. The maximum Gasteiger partial charge on any atom is 0.209 e. The van der Waals surface area contributed by atoms with Crippen molar-refractivity contribution in [2.24, 2.45) is 5.92 Å². The van der Waals surface area contributed by atoms with Crippen molar-refractivity contribution in [3.05, 3.63) is 39.8 Å². The Hall–Kier alpha value is -3.74. The fraction of sp³-hybridized carbons (Fsp3) is 0.538. The number of methoxy groups -OCH3 is 1. The number of carbonyl (C=O) groups is 2. The Labute approximate surface area is 292 Å². The maximum absolute atomic E-state index is 14.0. The van der Waals surface area contributed by atoms with Crippen LogP contribution in [0.25, 0.3) is 34.7 Å². The van der Waals surface area contributed by atoms with Gasteiger partial charge in [0.25, 0.3) is 0 Å². The van der Waals surface area contributed by atoms with Crippen molar-refractivity contribution in [2.75, 3.05) is 59.6 Å². The number of hydrogen-bond donors (Lipinski definition) is 3. The van der Waals surface area contributed by atoms with Gasteiger partial charge in [-0.3, -0.25) is 19.8 Å². The van der Waals surface area contributed by atoms with Gasteiger partial charge in [0.05, 0.1) is 45.2 Å². The van der Waals surface area contributed by atoms with Gasteiger partial charge in [-0.15, -0.1) is 0 Å². The molecule has 7 rings (SSSR count). The third-order valence-corrected chi connectivity index (χ3v) is 11.2. The van der Waals surface area contributed by atoms with Crippen molar-refractivity contribution in [3.8, 4) is 17.2 Å². The molecule has 0 aromatic heterocycles. The molecule has 3 fully saturated rings. The molecular weight excluding hydrogens is 638 g/mol. The molecule has 0 bridgehead atoms. The van der Waals surface area contributed by atoms with Crippen LogP contribution in [0.5, 0.6) is 17.2 Å². The first-order valence-corrected chi connectivity index (χ1v) is 18.0. The van der Waals surface area contributed by atoms with Gasteiger partial charge in [-0.2, -0.15) is 0 Å². The maximum atomic E-state index is 14.0. The number of phenols is 2. The van der Waals surface area contributed by atoms with Crippen molar-refractivity contribution in [2.45, 2.75) is 69.5 Å². The molecule has 1 saturated carbocycles. The van der Waals surface area contributed by atoms with Gasteiger partial charge in [-0.1, -0.05) is 25.3 Å². The number of carbonyl (C=O) groups excluding carboxylic acids is 2. The minimum atomic E-state index is -0.616. The van der Waals surface area contributed by atoms with Crippen LogP contribution in [-0.4, -0.2) is 110 Å². The largest absolute Gasteiger partial charge is 0.507 e. The first kappa shape index (κ1) is 34.7. The van der Waals surface area contributed by atoms with Gasteiger partial charge >= 0.3 is 0 Å². The Morgan fingerprint density at radius 2 is 1.76 bits per heavy atom. The average molecular weight is 688 g/mol. The normalized spacial score (nSPS) is 26.4. The fourth-order valence-electron chi connectivity index (χ4n) is 8.53. The van der Waals surface area contributed by atoms with Gasteiger partial charge in [-0.05, 0) is 66.8 Å². The summed E-state index contributed by atoms with van der Waals surface area (Å²) in [5, 5.41) is 31.1. The molecule has 11 nitrogen and oxygen atoms in total. The van der Waals surface area contributed by atoms with Crippen LogP contribution in [0.2, 0.25) is 0 Å². The molecule has 268 valence electrons. The highest BCUT2D eigenvalue weighted by Crippen LogP contribution is 2.49. The molecule has 11 heteroatoms. The van der Waals surface area contributed by atoms with Gasteiger partial charge in [-0.25, -0.2) is 0 Å². The molecule has 0 radical (unpaired) electrons. The number of benzene rings is 3. The lowest BCUT2D eigenvalue weighted by atomic mass is 9.77. The predicted molar refractivity (Wildman–Crippen MR) is 191 cm³/mol. The number of ketones is 1. The Bertz CT molecular complexity index is 1850. The number of nitrogens with zero attached hydrogens (tertiary/aromatic N) is 2. The third-order valence-electron chi connectivity index (χ3n) is 11.2. The molecule has 2 saturated heterocycles. The number of aromatic hydroxyl groups is 2. The smallest absolute Gasteiger partial charge is 0.209 e. The van der Waals surface area contributed by atoms with Crippen LogP contribution in [0.4, 0.5) is 0 Å². The highest BCUT2D eigenvalue weighted by atomic mass is 16.6. The van der Waals surface area contributed by atoms with Crippen LogP contribution in [0.3, 0.4) is 0 Å². The number of hydrogen-bond acceptors (Lipinski definition) is 10. The summed E-state index contributed by atoms with van der Waals surface area (Å²) in [7, 11) is 1.59. The van der Waals surface area contributed by atoms with Crippen LogP contribution in [-0.2, 0) is 30.2 Å². The van der Waals surface area contributed by atoms with Crippen molar-refractivity contribution in [1.29, 1.82) is 0 Å². The second kappa shape index (κ2) is 14.9. The highest BCUT2D eigenvalue weighted by Gasteiger charge is 2.39. The standard InChI is InChI=1S/C39H49N3O8/c1-23-28-6-4-7-31(47-3)34(28)24(2)36-35(23)38(45)29-18-25(30(44)20-41-13-5-14-42(22-43)16-15-41)19-32(37(29)39(36)46)49-26-8-10-27(11-9-26)50-33-21-48-17-12-40-33/h4,6-7,22,25-27,32-33,40,45-46H,1-2,5,8-21H2,3H3/t25?,26?,27?,32-,33?/m0/s1. The van der Waals surface area contributed by atoms with Crippen LogP contribution < -0.4 is 20.5 Å². The fourth-order valence-corrected chi connectivity index (χ4v) is 8.53. The number of morpholine rings is 1. The molecule has 3 N–H and O–H groups in total. The first-order chi connectivity index (χ1) is 24.3. The Morgan fingerprint density at radius 1 is 1.00 bits per heavy atom. The second-order valence-electron chi connectivity index (χ2n) is 14.2. The number of fused-ring (bicyclic) bond motifs is 3. The summed E-state index contributed by atoms with van der Waals surface area (Å²) in [6, 6.07) is 5.62. The highest BCUT2D eigenvalue weighted by molar-refractivity contribution is 6.07. The number of nitrogens with one attached hydrogen (secondary N) is 1. The topological polar surface area (TPSA) is 130 Å². The molecule has 2 heterocycles. The molecule has 4 aliphatic rings. The molecule has 1 amide bonds. The molecule has 2 aliphatic heterocycles. The molecule has 2 unspecified atom stereocenters. The predicted octanol–water partition coefficient (Wildman–Crippen LogP) is 2.86. The van der Waals surface area contributed by atoms with Gasteiger partial charge in [0.2, 0.25) is 6.41 Å². The van der Waals surface area contributed by atoms with Gasteiger partial charge in [0.15, 0.2) is 0 Å². The number of rotatable bonds is 9. The van der Waals surface area contributed by atoms with E-state index in [1.165, 1.54) is 0 Å². The van der Waals surface area contributed by atoms with Crippen LogP contribution >= 0.6 is 0 Å². The number of Topliss-reactive ketones (excluding diaryl/α,β-unsaturated/α-hetero) is 1. The first-order valence-electron chi connectivity index (χ1n) is 18.0. The zero-order valence-electron chi connectivity index (χ0n) is 29.0. The van der Waals surface area contributed by atoms with Crippen LogP contribution in [0, 0.1) is 5.92 Å². The Morgan fingerprint density at radius 3 is 2.48 bits per heavy atom. The van der Waals surface area contributed by atoms with Crippen molar-refractivity contribution in [1.82, 2.24) is 15.1 Å². The van der Waals surface area contributed by atoms with Crippen LogP contribution in [0.15, 0.2) is 18.2 Å². The van der Waals surface area contributed by atoms with E-state index in [9.17, 15) is 19.8 Å². The van der Waals surface area contributed by atoms with E-state index < -0.39 is 12.0 Å². The quantitative estimate of drug-likeness (QED) is 0.176. The van der Waals surface area contributed by atoms with Gasteiger partial charge in [0.1, 0.15) is 29.3 Å². The van der Waals surface area contributed by atoms with E-state index in [1.54, 1.807) is 12.0 Å². The summed E-state index contributed by atoms with van der Waals surface area (Å²) in [4.78, 5) is 29.3. The van der Waals surface area contributed by atoms with E-state index in [2.05, 4.69) is 23.4 Å². The molecule has 3 aromatic rings. The number of ether oxygens (including phenoxy) is 4. The second-order valence-corrected chi connectivity index (χ2v) is 14.2. The lowest BCUT2D eigenvalue weighted by Gasteiger charge is -2.38. The molecule has 50 heavy (non-hydrogen) atoms. The molecule has 3 atom stereocenters. The third kappa shape index (κ3) is 6.69. The van der Waals surface area contributed by atoms with E-state index in [0.29, 0.717) is 77.4 Å². The summed E-state index contributed by atoms with van der Waals surface area (Å²) in [6.45, 7) is 13.6. The monoisotopic (exact) mass is 687 g/mol. The summed E-state index contributed by atoms with van der Waals surface area (Å²) in [5.74, 6) is 0.263. The summed E-state index contributed by atoms with van der Waals surface area (Å²) in [5.41, 5.74) is 1.05.